The zero-order chi connectivity index (χ0) is 10.9. The van der Waals surface area contributed by atoms with Gasteiger partial charge in [-0.1, -0.05) is 26.2 Å². The molecule has 86 valence electrons. The number of hydrogen-bond donors (Lipinski definition) is 0. The van der Waals surface area contributed by atoms with Crippen molar-refractivity contribution in [3.8, 4) is 0 Å². The highest BCUT2D eigenvalue weighted by Crippen LogP contribution is 2.08. The molecule has 1 aromatic heterocycles. The van der Waals surface area contributed by atoms with Crippen molar-refractivity contribution >= 4 is 11.6 Å². The molecule has 0 aliphatic carbocycles. The van der Waals surface area contributed by atoms with Crippen molar-refractivity contribution in [3.05, 3.63) is 11.8 Å². The van der Waals surface area contributed by atoms with Crippen molar-refractivity contribution in [2.45, 2.75) is 51.9 Å². The highest BCUT2D eigenvalue weighted by molar-refractivity contribution is 6.17. The van der Waals surface area contributed by atoms with Crippen LogP contribution in [0.25, 0.3) is 0 Å². The third kappa shape index (κ3) is 5.17. The quantitative estimate of drug-likeness (QED) is 0.508. The van der Waals surface area contributed by atoms with Crippen LogP contribution < -0.4 is 0 Å². The van der Waals surface area contributed by atoms with Crippen LogP contribution in [-0.4, -0.2) is 16.1 Å². The van der Waals surface area contributed by atoms with Gasteiger partial charge in [-0.05, 0) is 12.8 Å². The van der Waals surface area contributed by atoms with Crippen molar-refractivity contribution in [1.82, 2.24) is 10.2 Å². The first-order chi connectivity index (χ1) is 7.36. The molecule has 1 rings (SSSR count). The summed E-state index contributed by atoms with van der Waals surface area (Å²) < 4.78 is 5.49. The van der Waals surface area contributed by atoms with Crippen LogP contribution in [0, 0.1) is 0 Å². The van der Waals surface area contributed by atoms with E-state index < -0.39 is 0 Å². The van der Waals surface area contributed by atoms with Crippen molar-refractivity contribution < 1.29 is 4.42 Å². The molecular weight excluding hydrogens is 212 g/mol. The van der Waals surface area contributed by atoms with Gasteiger partial charge in [-0.25, -0.2) is 0 Å². The molecule has 0 bridgehead atoms. The van der Waals surface area contributed by atoms with E-state index in [0.29, 0.717) is 5.88 Å². The second-order valence-corrected chi connectivity index (χ2v) is 4.07. The molecule has 0 spiro atoms. The number of aromatic nitrogens is 2. The van der Waals surface area contributed by atoms with E-state index in [9.17, 15) is 0 Å². The Balaban J connectivity index is 2.20. The standard InChI is InChI=1S/C11H19ClN2O/c1-2-3-4-5-7-10-13-14-11(15-10)8-6-9-12/h2-9H2,1H3. The lowest BCUT2D eigenvalue weighted by Gasteiger charge is -1.94. The van der Waals surface area contributed by atoms with Crippen molar-refractivity contribution in [2.24, 2.45) is 0 Å². The van der Waals surface area contributed by atoms with Crippen molar-refractivity contribution in [1.29, 1.82) is 0 Å². The van der Waals surface area contributed by atoms with Gasteiger partial charge >= 0.3 is 0 Å². The lowest BCUT2D eigenvalue weighted by molar-refractivity contribution is 0.439. The van der Waals surface area contributed by atoms with Crippen LogP contribution in [0.3, 0.4) is 0 Å². The number of unbranched alkanes of at least 4 members (excludes halogenated alkanes) is 3. The van der Waals surface area contributed by atoms with E-state index in [-0.39, 0.29) is 0 Å². The highest BCUT2D eigenvalue weighted by atomic mass is 35.5. The third-order valence-corrected chi connectivity index (χ3v) is 2.54. The van der Waals surface area contributed by atoms with E-state index in [1.807, 2.05) is 0 Å². The number of hydrogen-bond acceptors (Lipinski definition) is 3. The number of nitrogens with zero attached hydrogens (tertiary/aromatic N) is 2. The van der Waals surface area contributed by atoms with Crippen LogP contribution >= 0.6 is 11.6 Å². The third-order valence-electron chi connectivity index (χ3n) is 2.28. The van der Waals surface area contributed by atoms with Crippen LogP contribution in [0.1, 0.15) is 50.8 Å². The predicted octanol–water partition coefficient (Wildman–Crippen LogP) is 3.36. The van der Waals surface area contributed by atoms with Crippen LogP contribution in [0.4, 0.5) is 0 Å². The largest absolute Gasteiger partial charge is 0.425 e. The first kappa shape index (κ1) is 12.5. The van der Waals surface area contributed by atoms with Gasteiger partial charge in [0.25, 0.3) is 0 Å². The summed E-state index contributed by atoms with van der Waals surface area (Å²) >= 11 is 5.59. The van der Waals surface area contributed by atoms with E-state index in [1.165, 1.54) is 19.3 Å². The summed E-state index contributed by atoms with van der Waals surface area (Å²) in [4.78, 5) is 0. The maximum atomic E-state index is 5.59. The zero-order valence-corrected chi connectivity index (χ0v) is 10.1. The summed E-state index contributed by atoms with van der Waals surface area (Å²) in [5.41, 5.74) is 0. The second kappa shape index (κ2) is 7.69. The fourth-order valence-electron chi connectivity index (χ4n) is 1.41. The maximum absolute atomic E-state index is 5.59. The summed E-state index contributed by atoms with van der Waals surface area (Å²) in [6, 6.07) is 0. The van der Waals surface area contributed by atoms with Crippen molar-refractivity contribution in [3.63, 3.8) is 0 Å². The highest BCUT2D eigenvalue weighted by Gasteiger charge is 2.04. The van der Waals surface area contributed by atoms with Gasteiger partial charge in [-0.3, -0.25) is 0 Å². The minimum absolute atomic E-state index is 0.647. The Bertz CT molecular complexity index is 263. The van der Waals surface area contributed by atoms with Crippen LogP contribution in [0.2, 0.25) is 0 Å². The van der Waals surface area contributed by atoms with E-state index in [1.54, 1.807) is 0 Å². The Morgan fingerprint density at radius 2 is 1.67 bits per heavy atom. The lowest BCUT2D eigenvalue weighted by atomic mass is 10.1. The minimum atomic E-state index is 0.647. The molecule has 0 radical (unpaired) electrons. The predicted molar refractivity (Wildman–Crippen MR) is 61.2 cm³/mol. The van der Waals surface area contributed by atoms with Gasteiger partial charge in [0, 0.05) is 18.7 Å². The molecular formula is C11H19ClN2O. The smallest absolute Gasteiger partial charge is 0.216 e. The SMILES string of the molecule is CCCCCCc1nnc(CCCCl)o1. The zero-order valence-electron chi connectivity index (χ0n) is 9.34. The average Bonchev–Trinajstić information content (AvgIpc) is 2.69. The average molecular weight is 231 g/mol. The van der Waals surface area contributed by atoms with Crippen molar-refractivity contribution in [2.75, 3.05) is 5.88 Å². The first-order valence-corrected chi connectivity index (χ1v) is 6.27. The van der Waals surface area contributed by atoms with E-state index in [2.05, 4.69) is 17.1 Å². The fraction of sp³-hybridized carbons (Fsp3) is 0.818. The number of aryl methyl sites for hydroxylation is 2. The van der Waals surface area contributed by atoms with E-state index in [4.69, 9.17) is 16.0 Å². The maximum Gasteiger partial charge on any atom is 0.216 e. The van der Waals surface area contributed by atoms with Gasteiger partial charge in [-0.2, -0.15) is 0 Å². The second-order valence-electron chi connectivity index (χ2n) is 3.69. The fourth-order valence-corrected chi connectivity index (χ4v) is 1.55. The van der Waals surface area contributed by atoms with Gasteiger partial charge < -0.3 is 4.42 Å². The number of rotatable bonds is 8. The molecule has 0 atom stereocenters. The van der Waals surface area contributed by atoms with Gasteiger partial charge in [0.05, 0.1) is 0 Å². The minimum Gasteiger partial charge on any atom is -0.425 e. The lowest BCUT2D eigenvalue weighted by Crippen LogP contribution is -1.85. The molecule has 0 aliphatic rings. The monoisotopic (exact) mass is 230 g/mol. The summed E-state index contributed by atoms with van der Waals surface area (Å²) in [5, 5.41) is 7.98. The van der Waals surface area contributed by atoms with E-state index in [0.717, 1.165) is 37.5 Å². The van der Waals surface area contributed by atoms with E-state index >= 15 is 0 Å². The Morgan fingerprint density at radius 3 is 2.27 bits per heavy atom. The Morgan fingerprint density at radius 1 is 1.00 bits per heavy atom. The molecule has 0 saturated carbocycles. The number of halogens is 1. The van der Waals surface area contributed by atoms with Gasteiger partial charge in [-0.15, -0.1) is 21.8 Å². The molecule has 3 nitrogen and oxygen atoms in total. The Labute approximate surface area is 96.2 Å². The first-order valence-electron chi connectivity index (χ1n) is 5.74. The molecule has 0 N–H and O–H groups in total. The van der Waals surface area contributed by atoms with Crippen LogP contribution in [-0.2, 0) is 12.8 Å². The molecule has 0 saturated heterocycles. The number of alkyl halides is 1. The molecule has 0 aromatic carbocycles. The van der Waals surface area contributed by atoms with Gasteiger partial charge in [0.2, 0.25) is 11.8 Å². The summed E-state index contributed by atoms with van der Waals surface area (Å²) in [5.74, 6) is 2.14. The topological polar surface area (TPSA) is 38.9 Å². The molecule has 1 heterocycles. The van der Waals surface area contributed by atoms with Crippen LogP contribution in [0.5, 0.6) is 0 Å². The molecule has 1 aromatic rings. The normalized spacial score (nSPS) is 10.8. The molecule has 0 unspecified atom stereocenters. The summed E-state index contributed by atoms with van der Waals surface area (Å²) in [6.45, 7) is 2.21. The molecule has 4 heteroatoms. The summed E-state index contributed by atoms with van der Waals surface area (Å²) in [6.07, 6.45) is 7.54. The molecule has 15 heavy (non-hydrogen) atoms. The van der Waals surface area contributed by atoms with Crippen LogP contribution in [0.15, 0.2) is 4.42 Å². The Kier molecular flexibility index (Phi) is 6.41. The summed E-state index contributed by atoms with van der Waals surface area (Å²) in [7, 11) is 0. The molecule has 0 amide bonds. The van der Waals surface area contributed by atoms with Gasteiger partial charge in [0.15, 0.2) is 0 Å². The molecule has 0 aliphatic heterocycles. The van der Waals surface area contributed by atoms with Gasteiger partial charge in [0.1, 0.15) is 0 Å². The Hall–Kier alpha value is -0.570. The molecule has 0 fully saturated rings.